The molecule has 0 aliphatic heterocycles. The molecule has 0 saturated carbocycles. The topological polar surface area (TPSA) is 64.7 Å². The number of nitrogens with zero attached hydrogens (tertiary/aromatic N) is 3. The molecule has 0 aliphatic rings. The summed E-state index contributed by atoms with van der Waals surface area (Å²) >= 11 is 4.98. The molecule has 0 saturated heterocycles. The Labute approximate surface area is 110 Å². The highest BCUT2D eigenvalue weighted by Gasteiger charge is 2.10. The van der Waals surface area contributed by atoms with Gasteiger partial charge < -0.3 is 5.73 Å². The van der Waals surface area contributed by atoms with Crippen molar-refractivity contribution in [3.05, 3.63) is 35.1 Å². The van der Waals surface area contributed by atoms with E-state index in [2.05, 4.69) is 30.9 Å². The first-order valence-electron chi connectivity index (χ1n) is 4.87. The van der Waals surface area contributed by atoms with E-state index in [0.29, 0.717) is 11.5 Å². The second kappa shape index (κ2) is 4.05. The Morgan fingerprint density at radius 3 is 2.82 bits per heavy atom. The fraction of sp³-hybridized carbons (Fsp3) is 0. The van der Waals surface area contributed by atoms with Crippen molar-refractivity contribution >= 4 is 43.3 Å². The number of hydrogen-bond donors (Lipinski definition) is 1. The number of rotatable bonds is 1. The Balaban J connectivity index is 2.22. The van der Waals surface area contributed by atoms with E-state index in [4.69, 9.17) is 5.73 Å². The molecule has 17 heavy (non-hydrogen) atoms. The van der Waals surface area contributed by atoms with Gasteiger partial charge in [0.05, 0.1) is 10.2 Å². The molecule has 0 bridgehead atoms. The van der Waals surface area contributed by atoms with E-state index in [1.807, 2.05) is 18.2 Å². The molecule has 0 unspecified atom stereocenters. The zero-order valence-electron chi connectivity index (χ0n) is 8.59. The summed E-state index contributed by atoms with van der Waals surface area (Å²) in [6.45, 7) is 0. The van der Waals surface area contributed by atoms with Crippen LogP contribution in [0, 0.1) is 0 Å². The minimum Gasteiger partial charge on any atom is -0.382 e. The summed E-state index contributed by atoms with van der Waals surface area (Å²) in [5.74, 6) is 0.408. The van der Waals surface area contributed by atoms with Crippen LogP contribution in [0.4, 0.5) is 5.82 Å². The van der Waals surface area contributed by atoms with Gasteiger partial charge >= 0.3 is 0 Å². The van der Waals surface area contributed by atoms with Gasteiger partial charge in [-0.3, -0.25) is 0 Å². The molecule has 6 heteroatoms. The third kappa shape index (κ3) is 1.89. The van der Waals surface area contributed by atoms with E-state index >= 15 is 0 Å². The maximum atomic E-state index is 5.79. The van der Waals surface area contributed by atoms with Gasteiger partial charge in [-0.1, -0.05) is 15.9 Å². The summed E-state index contributed by atoms with van der Waals surface area (Å²) < 4.78 is 2.11. The van der Waals surface area contributed by atoms with Crippen molar-refractivity contribution in [2.75, 3.05) is 5.73 Å². The van der Waals surface area contributed by atoms with Crippen LogP contribution in [-0.4, -0.2) is 15.0 Å². The van der Waals surface area contributed by atoms with E-state index in [9.17, 15) is 0 Å². The van der Waals surface area contributed by atoms with Gasteiger partial charge in [-0.05, 0) is 18.2 Å². The molecule has 0 fully saturated rings. The molecule has 0 aliphatic carbocycles. The van der Waals surface area contributed by atoms with E-state index in [0.717, 1.165) is 19.7 Å². The summed E-state index contributed by atoms with van der Waals surface area (Å²) in [7, 11) is 0. The first-order chi connectivity index (χ1) is 8.24. The van der Waals surface area contributed by atoms with Crippen molar-refractivity contribution < 1.29 is 0 Å². The van der Waals surface area contributed by atoms with Gasteiger partial charge in [-0.25, -0.2) is 15.0 Å². The Bertz CT molecular complexity index is 695. The third-order valence-electron chi connectivity index (χ3n) is 2.28. The predicted octanol–water partition coefficient (Wildman–Crippen LogP) is 3.10. The van der Waals surface area contributed by atoms with Crippen LogP contribution in [0.2, 0.25) is 0 Å². The van der Waals surface area contributed by atoms with Crippen LogP contribution < -0.4 is 5.73 Å². The fourth-order valence-corrected chi connectivity index (χ4v) is 2.82. The molecule has 84 valence electrons. The molecule has 0 spiro atoms. The molecule has 0 amide bonds. The van der Waals surface area contributed by atoms with Crippen LogP contribution in [0.1, 0.15) is 0 Å². The van der Waals surface area contributed by atoms with Crippen molar-refractivity contribution in [3.63, 3.8) is 0 Å². The number of anilines is 1. The fourth-order valence-electron chi connectivity index (χ4n) is 1.52. The normalized spacial score (nSPS) is 10.9. The lowest BCUT2D eigenvalue weighted by molar-refractivity contribution is 1.21. The number of nitrogens with two attached hydrogens (primary N) is 1. The molecule has 2 heterocycles. The number of thiazole rings is 1. The molecule has 4 nitrogen and oxygen atoms in total. The standard InChI is InChI=1S/C11H7BrN4S/c12-6-1-2-8-7(5-6)16-11(17-8)9-10(13)15-4-3-14-9/h1-5H,(H2,13,15). The largest absolute Gasteiger partial charge is 0.382 e. The van der Waals surface area contributed by atoms with Gasteiger partial charge in [0.2, 0.25) is 0 Å². The number of nitrogen functional groups attached to an aromatic ring is 1. The number of benzene rings is 1. The van der Waals surface area contributed by atoms with Crippen molar-refractivity contribution in [3.8, 4) is 10.7 Å². The third-order valence-corrected chi connectivity index (χ3v) is 3.82. The van der Waals surface area contributed by atoms with Crippen LogP contribution in [0.3, 0.4) is 0 Å². The van der Waals surface area contributed by atoms with Gasteiger partial charge in [0.25, 0.3) is 0 Å². The van der Waals surface area contributed by atoms with Crippen molar-refractivity contribution in [1.29, 1.82) is 0 Å². The van der Waals surface area contributed by atoms with Crippen LogP contribution in [0.5, 0.6) is 0 Å². The highest BCUT2D eigenvalue weighted by molar-refractivity contribution is 9.10. The highest BCUT2D eigenvalue weighted by Crippen LogP contribution is 2.32. The Kier molecular flexibility index (Phi) is 2.53. The van der Waals surface area contributed by atoms with Gasteiger partial charge in [0.1, 0.15) is 10.7 Å². The molecule has 3 rings (SSSR count). The smallest absolute Gasteiger partial charge is 0.152 e. The first-order valence-corrected chi connectivity index (χ1v) is 6.48. The monoisotopic (exact) mass is 306 g/mol. The van der Waals surface area contributed by atoms with E-state index in [-0.39, 0.29) is 0 Å². The Hall–Kier alpha value is -1.53. The van der Waals surface area contributed by atoms with Crippen LogP contribution in [-0.2, 0) is 0 Å². The lowest BCUT2D eigenvalue weighted by Crippen LogP contribution is -1.95. The van der Waals surface area contributed by atoms with Gasteiger partial charge in [-0.15, -0.1) is 11.3 Å². The lowest BCUT2D eigenvalue weighted by Gasteiger charge is -1.97. The highest BCUT2D eigenvalue weighted by atomic mass is 79.9. The second-order valence-electron chi connectivity index (χ2n) is 3.42. The maximum Gasteiger partial charge on any atom is 0.152 e. The molecule has 3 aromatic rings. The average molecular weight is 307 g/mol. The van der Waals surface area contributed by atoms with Crippen molar-refractivity contribution in [1.82, 2.24) is 15.0 Å². The van der Waals surface area contributed by atoms with Crippen molar-refractivity contribution in [2.45, 2.75) is 0 Å². The molecule has 2 N–H and O–H groups in total. The van der Waals surface area contributed by atoms with Gasteiger partial charge in [0, 0.05) is 16.9 Å². The van der Waals surface area contributed by atoms with Crippen LogP contribution in [0.25, 0.3) is 20.9 Å². The molecular formula is C11H7BrN4S. The number of aromatic nitrogens is 3. The average Bonchev–Trinajstić information content (AvgIpc) is 2.72. The number of fused-ring (bicyclic) bond motifs is 1. The number of halogens is 1. The van der Waals surface area contributed by atoms with Crippen LogP contribution >= 0.6 is 27.3 Å². The van der Waals surface area contributed by atoms with Crippen LogP contribution in [0.15, 0.2) is 35.1 Å². The molecule has 1 aromatic carbocycles. The molecule has 2 aromatic heterocycles. The second-order valence-corrected chi connectivity index (χ2v) is 5.37. The van der Waals surface area contributed by atoms with E-state index in [1.165, 1.54) is 0 Å². The molecular weight excluding hydrogens is 300 g/mol. The van der Waals surface area contributed by atoms with E-state index in [1.54, 1.807) is 23.7 Å². The lowest BCUT2D eigenvalue weighted by atomic mass is 10.3. The first kappa shape index (κ1) is 10.6. The predicted molar refractivity (Wildman–Crippen MR) is 72.8 cm³/mol. The summed E-state index contributed by atoms with van der Waals surface area (Å²) in [6, 6.07) is 5.99. The minimum atomic E-state index is 0.408. The summed E-state index contributed by atoms with van der Waals surface area (Å²) in [6.07, 6.45) is 3.19. The van der Waals surface area contributed by atoms with Gasteiger partial charge in [0.15, 0.2) is 5.82 Å². The minimum absolute atomic E-state index is 0.408. The zero-order valence-corrected chi connectivity index (χ0v) is 11.0. The molecule has 0 radical (unpaired) electrons. The van der Waals surface area contributed by atoms with Crippen molar-refractivity contribution in [2.24, 2.45) is 0 Å². The summed E-state index contributed by atoms with van der Waals surface area (Å²) in [5, 5.41) is 0.795. The number of hydrogen-bond acceptors (Lipinski definition) is 5. The Morgan fingerprint density at radius 2 is 2.00 bits per heavy atom. The SMILES string of the molecule is Nc1nccnc1-c1nc2cc(Br)ccc2s1. The zero-order chi connectivity index (χ0) is 11.8. The van der Waals surface area contributed by atoms with Gasteiger partial charge in [-0.2, -0.15) is 0 Å². The van der Waals surface area contributed by atoms with E-state index < -0.39 is 0 Å². The maximum absolute atomic E-state index is 5.79. The summed E-state index contributed by atoms with van der Waals surface area (Å²) in [5.41, 5.74) is 7.37. The Morgan fingerprint density at radius 1 is 1.18 bits per heavy atom. The molecule has 0 atom stereocenters. The quantitative estimate of drug-likeness (QED) is 0.750. The summed E-state index contributed by atoms with van der Waals surface area (Å²) in [4.78, 5) is 12.7.